The van der Waals surface area contributed by atoms with Crippen molar-refractivity contribution in [3.8, 4) is 5.75 Å². The lowest BCUT2D eigenvalue weighted by Crippen LogP contribution is -2.57. The highest BCUT2D eigenvalue weighted by atomic mass is 16.5. The van der Waals surface area contributed by atoms with E-state index in [9.17, 15) is 9.59 Å². The van der Waals surface area contributed by atoms with E-state index in [2.05, 4.69) is 12.2 Å². The second kappa shape index (κ2) is 6.41. The molecule has 0 aromatic heterocycles. The van der Waals surface area contributed by atoms with E-state index >= 15 is 0 Å². The van der Waals surface area contributed by atoms with Crippen LogP contribution in [0.15, 0.2) is 24.3 Å². The number of nitrogens with zero attached hydrogens (tertiary/aromatic N) is 1. The Morgan fingerprint density at radius 3 is 2.65 bits per heavy atom. The molecule has 0 spiro atoms. The lowest BCUT2D eigenvalue weighted by molar-refractivity contribution is -0.132. The van der Waals surface area contributed by atoms with Gasteiger partial charge in [0.1, 0.15) is 11.8 Å². The van der Waals surface area contributed by atoms with Gasteiger partial charge in [0.2, 0.25) is 11.8 Å². The van der Waals surface area contributed by atoms with E-state index in [1.165, 1.54) is 0 Å². The van der Waals surface area contributed by atoms with Crippen molar-refractivity contribution in [1.29, 1.82) is 0 Å². The zero-order valence-corrected chi connectivity index (χ0v) is 11.9. The Morgan fingerprint density at radius 2 is 2.00 bits per heavy atom. The molecule has 0 bridgehead atoms. The predicted molar refractivity (Wildman–Crippen MR) is 76.8 cm³/mol. The fraction of sp³-hybridized carbons (Fsp3) is 0.467. The number of carbonyl (C=O) groups is 2. The Bertz CT molecular complexity index is 484. The number of carbonyl (C=O) groups excluding carboxylic acids is 2. The van der Waals surface area contributed by atoms with Gasteiger partial charge < -0.3 is 9.64 Å². The quantitative estimate of drug-likeness (QED) is 0.657. The van der Waals surface area contributed by atoms with Crippen LogP contribution in [0.4, 0.5) is 5.69 Å². The topological polar surface area (TPSA) is 58.6 Å². The number of anilines is 1. The number of hydrogen-bond acceptors (Lipinski definition) is 4. The fourth-order valence-electron chi connectivity index (χ4n) is 2.10. The summed E-state index contributed by atoms with van der Waals surface area (Å²) in [7, 11) is 0. The lowest BCUT2D eigenvalue weighted by Gasteiger charge is -2.33. The van der Waals surface area contributed by atoms with E-state index < -0.39 is 0 Å². The zero-order valence-electron chi connectivity index (χ0n) is 11.9. The summed E-state index contributed by atoms with van der Waals surface area (Å²) in [5.41, 5.74) is 0.851. The molecular weight excluding hydrogens is 256 g/mol. The highest BCUT2D eigenvalue weighted by molar-refractivity contribution is 6.04. The maximum Gasteiger partial charge on any atom is 0.249 e. The number of rotatable bonds is 5. The summed E-state index contributed by atoms with van der Waals surface area (Å²) in [5, 5.41) is 2.33. The monoisotopic (exact) mass is 276 g/mol. The first kappa shape index (κ1) is 14.4. The molecule has 2 rings (SSSR count). The SMILES string of the molecule is CCCCOc1ccc(N2CC(=O)NC(=O)C2C)cc1. The molecule has 1 fully saturated rings. The van der Waals surface area contributed by atoms with Gasteiger partial charge in [0.25, 0.3) is 0 Å². The Labute approximate surface area is 118 Å². The van der Waals surface area contributed by atoms with Gasteiger partial charge in [-0.1, -0.05) is 13.3 Å². The molecule has 5 nitrogen and oxygen atoms in total. The number of ether oxygens (including phenoxy) is 1. The van der Waals surface area contributed by atoms with E-state index in [-0.39, 0.29) is 24.4 Å². The second-order valence-electron chi connectivity index (χ2n) is 4.91. The summed E-state index contributed by atoms with van der Waals surface area (Å²) < 4.78 is 5.59. The Kier molecular flexibility index (Phi) is 4.61. The summed E-state index contributed by atoms with van der Waals surface area (Å²) in [6.07, 6.45) is 2.13. The van der Waals surface area contributed by atoms with Gasteiger partial charge in [-0.05, 0) is 37.6 Å². The number of hydrogen-bond donors (Lipinski definition) is 1. The van der Waals surface area contributed by atoms with Crippen molar-refractivity contribution in [1.82, 2.24) is 5.32 Å². The standard InChI is InChI=1S/C15H20N2O3/c1-3-4-9-20-13-7-5-12(6-8-13)17-10-14(18)16-15(19)11(17)2/h5-8,11H,3-4,9-10H2,1-2H3,(H,16,18,19). The minimum atomic E-state index is -0.348. The first-order valence-corrected chi connectivity index (χ1v) is 6.95. The van der Waals surface area contributed by atoms with E-state index in [1.54, 1.807) is 11.8 Å². The van der Waals surface area contributed by atoms with Gasteiger partial charge in [0.05, 0.1) is 13.2 Å². The van der Waals surface area contributed by atoms with E-state index in [1.807, 2.05) is 24.3 Å². The molecule has 1 heterocycles. The van der Waals surface area contributed by atoms with Crippen LogP contribution in [-0.2, 0) is 9.59 Å². The molecule has 1 atom stereocenters. The molecule has 0 radical (unpaired) electrons. The van der Waals surface area contributed by atoms with Gasteiger partial charge >= 0.3 is 0 Å². The van der Waals surface area contributed by atoms with Crippen molar-refractivity contribution < 1.29 is 14.3 Å². The highest BCUT2D eigenvalue weighted by Gasteiger charge is 2.30. The molecule has 108 valence electrons. The van der Waals surface area contributed by atoms with Crippen molar-refractivity contribution in [2.75, 3.05) is 18.1 Å². The van der Waals surface area contributed by atoms with E-state index in [0.717, 1.165) is 24.3 Å². The van der Waals surface area contributed by atoms with Gasteiger partial charge in [-0.15, -0.1) is 0 Å². The Hall–Kier alpha value is -2.04. The average molecular weight is 276 g/mol. The van der Waals surface area contributed by atoms with Crippen LogP contribution in [0.25, 0.3) is 0 Å². The Morgan fingerprint density at radius 1 is 1.30 bits per heavy atom. The lowest BCUT2D eigenvalue weighted by atomic mass is 10.1. The molecule has 1 unspecified atom stereocenters. The summed E-state index contributed by atoms with van der Waals surface area (Å²) in [6, 6.07) is 7.15. The molecule has 2 amide bonds. The maximum absolute atomic E-state index is 11.6. The number of benzene rings is 1. The maximum atomic E-state index is 11.6. The van der Waals surface area contributed by atoms with Crippen molar-refractivity contribution in [2.24, 2.45) is 0 Å². The molecule has 1 aromatic carbocycles. The molecule has 1 N–H and O–H groups in total. The fourth-order valence-corrected chi connectivity index (χ4v) is 2.10. The van der Waals surface area contributed by atoms with Crippen molar-refractivity contribution in [3.63, 3.8) is 0 Å². The molecular formula is C15H20N2O3. The first-order chi connectivity index (χ1) is 9.61. The normalized spacial score (nSPS) is 18.9. The molecule has 0 aliphatic carbocycles. The van der Waals surface area contributed by atoms with Crippen LogP contribution < -0.4 is 15.0 Å². The van der Waals surface area contributed by atoms with Crippen LogP contribution in [0.2, 0.25) is 0 Å². The van der Waals surface area contributed by atoms with Gasteiger partial charge in [0, 0.05) is 5.69 Å². The summed E-state index contributed by atoms with van der Waals surface area (Å²) in [5.74, 6) is 0.281. The number of nitrogens with one attached hydrogen (secondary N) is 1. The number of piperazine rings is 1. The number of imide groups is 1. The molecule has 1 aliphatic rings. The van der Waals surface area contributed by atoms with E-state index in [0.29, 0.717) is 6.61 Å². The van der Waals surface area contributed by atoms with Crippen molar-refractivity contribution in [2.45, 2.75) is 32.7 Å². The number of amides is 2. The largest absolute Gasteiger partial charge is 0.494 e. The van der Waals surface area contributed by atoms with Crippen LogP contribution in [-0.4, -0.2) is 31.0 Å². The Balaban J connectivity index is 2.05. The zero-order chi connectivity index (χ0) is 14.5. The minimum Gasteiger partial charge on any atom is -0.494 e. The second-order valence-corrected chi connectivity index (χ2v) is 4.91. The van der Waals surface area contributed by atoms with Crippen LogP contribution in [0.5, 0.6) is 5.75 Å². The molecule has 1 saturated heterocycles. The summed E-state index contributed by atoms with van der Waals surface area (Å²) in [6.45, 7) is 4.81. The molecule has 0 saturated carbocycles. The summed E-state index contributed by atoms with van der Waals surface area (Å²) in [4.78, 5) is 24.9. The van der Waals surface area contributed by atoms with Gasteiger partial charge in [0.15, 0.2) is 0 Å². The average Bonchev–Trinajstić information content (AvgIpc) is 2.44. The molecule has 1 aliphatic heterocycles. The third-order valence-electron chi connectivity index (χ3n) is 3.36. The number of unbranched alkanes of at least 4 members (excludes halogenated alkanes) is 1. The smallest absolute Gasteiger partial charge is 0.249 e. The van der Waals surface area contributed by atoms with Gasteiger partial charge in [-0.25, -0.2) is 0 Å². The highest BCUT2D eigenvalue weighted by Crippen LogP contribution is 2.22. The molecule has 1 aromatic rings. The first-order valence-electron chi connectivity index (χ1n) is 6.95. The molecule has 5 heteroatoms. The van der Waals surface area contributed by atoms with Gasteiger partial charge in [-0.2, -0.15) is 0 Å². The third-order valence-corrected chi connectivity index (χ3v) is 3.36. The van der Waals surface area contributed by atoms with E-state index in [4.69, 9.17) is 4.74 Å². The minimum absolute atomic E-state index is 0.197. The van der Waals surface area contributed by atoms with Crippen molar-refractivity contribution >= 4 is 17.5 Å². The molecule has 20 heavy (non-hydrogen) atoms. The van der Waals surface area contributed by atoms with Crippen LogP contribution in [0, 0.1) is 0 Å². The van der Waals surface area contributed by atoms with Crippen LogP contribution in [0.1, 0.15) is 26.7 Å². The van der Waals surface area contributed by atoms with Crippen LogP contribution >= 0.6 is 0 Å². The van der Waals surface area contributed by atoms with Crippen molar-refractivity contribution in [3.05, 3.63) is 24.3 Å². The predicted octanol–water partition coefficient (Wildman–Crippen LogP) is 1.72. The van der Waals surface area contributed by atoms with Crippen LogP contribution in [0.3, 0.4) is 0 Å². The third kappa shape index (κ3) is 3.29. The summed E-state index contributed by atoms with van der Waals surface area (Å²) >= 11 is 0. The van der Waals surface area contributed by atoms with Gasteiger partial charge in [-0.3, -0.25) is 14.9 Å².